The zero-order chi connectivity index (χ0) is 15.5. The van der Waals surface area contributed by atoms with Crippen LogP contribution in [0.1, 0.15) is 25.9 Å². The van der Waals surface area contributed by atoms with Crippen molar-refractivity contribution in [3.05, 3.63) is 63.9 Å². The fourth-order valence-corrected chi connectivity index (χ4v) is 3.19. The minimum Gasteiger partial charge on any atom is -0.318 e. The van der Waals surface area contributed by atoms with E-state index in [9.17, 15) is 4.79 Å². The van der Waals surface area contributed by atoms with E-state index in [2.05, 4.69) is 27.5 Å². The maximum Gasteiger partial charge on any atom is 0.275 e. The van der Waals surface area contributed by atoms with Crippen LogP contribution in [0.3, 0.4) is 0 Å². The molecule has 3 aromatic rings. The molecule has 0 saturated carbocycles. The summed E-state index contributed by atoms with van der Waals surface area (Å²) in [5, 5.41) is 7.77. The van der Waals surface area contributed by atoms with Gasteiger partial charge in [0, 0.05) is 24.5 Å². The van der Waals surface area contributed by atoms with Crippen LogP contribution in [0.5, 0.6) is 0 Å². The molecule has 112 valence electrons. The Hall–Kier alpha value is -2.47. The number of thiazole rings is 1. The average Bonchev–Trinajstić information content (AvgIpc) is 3.06. The van der Waals surface area contributed by atoms with Crippen LogP contribution in [0.25, 0.3) is 0 Å². The van der Waals surface area contributed by atoms with Crippen LogP contribution in [0, 0.1) is 6.92 Å². The summed E-state index contributed by atoms with van der Waals surface area (Å²) in [6, 6.07) is 10.1. The van der Waals surface area contributed by atoms with E-state index in [0.717, 1.165) is 9.88 Å². The summed E-state index contributed by atoms with van der Waals surface area (Å²) in [4.78, 5) is 17.8. The number of hydrogen-bond donors (Lipinski definition) is 1. The van der Waals surface area contributed by atoms with Gasteiger partial charge in [-0.25, -0.2) is 4.98 Å². The van der Waals surface area contributed by atoms with Gasteiger partial charge in [0.2, 0.25) is 0 Å². The molecule has 3 rings (SSSR count). The molecular weight excluding hydrogens is 296 g/mol. The normalized spacial score (nSPS) is 10.6. The molecule has 0 radical (unpaired) electrons. The van der Waals surface area contributed by atoms with Crippen LogP contribution in [0.15, 0.2) is 42.7 Å². The zero-order valence-corrected chi connectivity index (χ0v) is 13.2. The molecule has 0 aliphatic carbocycles. The molecule has 0 fully saturated rings. The number of hydrogen-bond acceptors (Lipinski definition) is 4. The first kappa shape index (κ1) is 14.5. The fourth-order valence-electron chi connectivity index (χ4n) is 2.22. The van der Waals surface area contributed by atoms with Gasteiger partial charge in [-0.05, 0) is 12.5 Å². The number of aromatic nitrogens is 3. The topological polar surface area (TPSA) is 59.8 Å². The van der Waals surface area contributed by atoms with Gasteiger partial charge in [-0.1, -0.05) is 30.3 Å². The lowest BCUT2D eigenvalue weighted by Crippen LogP contribution is -2.14. The number of anilines is 1. The van der Waals surface area contributed by atoms with Crippen molar-refractivity contribution in [2.45, 2.75) is 13.3 Å². The molecule has 2 aromatic heterocycles. The third-order valence-electron chi connectivity index (χ3n) is 3.19. The van der Waals surface area contributed by atoms with Crippen LogP contribution >= 0.6 is 11.3 Å². The van der Waals surface area contributed by atoms with Crippen molar-refractivity contribution < 1.29 is 4.79 Å². The van der Waals surface area contributed by atoms with Gasteiger partial charge in [0.05, 0.1) is 16.9 Å². The Morgan fingerprint density at radius 3 is 2.77 bits per heavy atom. The number of rotatable bonds is 4. The van der Waals surface area contributed by atoms with Crippen molar-refractivity contribution in [1.29, 1.82) is 0 Å². The van der Waals surface area contributed by atoms with Crippen LogP contribution < -0.4 is 5.32 Å². The molecule has 22 heavy (non-hydrogen) atoms. The number of carbonyl (C=O) groups is 1. The van der Waals surface area contributed by atoms with E-state index >= 15 is 0 Å². The highest BCUT2D eigenvalue weighted by atomic mass is 32.1. The Labute approximate surface area is 132 Å². The van der Waals surface area contributed by atoms with Gasteiger partial charge in [-0.3, -0.25) is 9.48 Å². The number of benzene rings is 1. The number of carbonyl (C=O) groups excluding carboxylic acids is 1. The van der Waals surface area contributed by atoms with Crippen molar-refractivity contribution in [3.8, 4) is 0 Å². The number of aryl methyl sites for hydroxylation is 2. The fraction of sp³-hybridized carbons (Fsp3) is 0.188. The first-order valence-electron chi connectivity index (χ1n) is 6.92. The lowest BCUT2D eigenvalue weighted by molar-refractivity contribution is 0.102. The smallest absolute Gasteiger partial charge is 0.275 e. The molecule has 2 heterocycles. The molecule has 5 nitrogen and oxygen atoms in total. The van der Waals surface area contributed by atoms with Crippen molar-refractivity contribution >= 4 is 22.9 Å². The molecule has 0 saturated heterocycles. The van der Waals surface area contributed by atoms with Gasteiger partial charge in [0.1, 0.15) is 5.69 Å². The van der Waals surface area contributed by atoms with Gasteiger partial charge in [0.15, 0.2) is 0 Å². The highest BCUT2D eigenvalue weighted by Gasteiger charge is 2.17. The van der Waals surface area contributed by atoms with E-state index in [-0.39, 0.29) is 5.91 Å². The molecule has 0 aliphatic rings. The SMILES string of the molecule is Cc1nc(C(=O)Nc2cnn(C)c2)c(Cc2ccccc2)s1. The number of nitrogens with zero attached hydrogens (tertiary/aromatic N) is 3. The van der Waals surface area contributed by atoms with Crippen molar-refractivity contribution in [2.24, 2.45) is 7.05 Å². The second-order valence-electron chi connectivity index (χ2n) is 5.02. The third kappa shape index (κ3) is 3.23. The Balaban J connectivity index is 1.82. The van der Waals surface area contributed by atoms with Crippen LogP contribution in [-0.4, -0.2) is 20.7 Å². The van der Waals surface area contributed by atoms with Gasteiger partial charge >= 0.3 is 0 Å². The molecule has 1 N–H and O–H groups in total. The second kappa shape index (κ2) is 6.11. The predicted octanol–water partition coefficient (Wildman–Crippen LogP) is 3.03. The number of nitrogens with one attached hydrogen (secondary N) is 1. The zero-order valence-electron chi connectivity index (χ0n) is 12.4. The molecular formula is C16H16N4OS. The molecule has 1 aromatic carbocycles. The Morgan fingerprint density at radius 1 is 1.32 bits per heavy atom. The van der Waals surface area contributed by atoms with Crippen LogP contribution in [0.2, 0.25) is 0 Å². The summed E-state index contributed by atoms with van der Waals surface area (Å²) in [5.41, 5.74) is 2.33. The Kier molecular flexibility index (Phi) is 4.02. The molecule has 0 spiro atoms. The van der Waals surface area contributed by atoms with Gasteiger partial charge < -0.3 is 5.32 Å². The van der Waals surface area contributed by atoms with Gasteiger partial charge in [-0.2, -0.15) is 5.10 Å². The first-order chi connectivity index (χ1) is 10.6. The highest BCUT2D eigenvalue weighted by molar-refractivity contribution is 7.11. The Bertz CT molecular complexity index is 792. The molecule has 0 unspecified atom stereocenters. The van der Waals surface area contributed by atoms with E-state index in [1.54, 1.807) is 28.4 Å². The average molecular weight is 312 g/mol. The summed E-state index contributed by atoms with van der Waals surface area (Å²) in [5.74, 6) is -0.191. The quantitative estimate of drug-likeness (QED) is 0.805. The first-order valence-corrected chi connectivity index (χ1v) is 7.73. The molecule has 1 amide bonds. The van der Waals surface area contributed by atoms with Crippen molar-refractivity contribution in [2.75, 3.05) is 5.32 Å². The van der Waals surface area contributed by atoms with E-state index in [0.29, 0.717) is 17.8 Å². The largest absolute Gasteiger partial charge is 0.318 e. The van der Waals surface area contributed by atoms with Crippen molar-refractivity contribution in [3.63, 3.8) is 0 Å². The van der Waals surface area contributed by atoms with Gasteiger partial charge in [-0.15, -0.1) is 11.3 Å². The highest BCUT2D eigenvalue weighted by Crippen LogP contribution is 2.22. The summed E-state index contributed by atoms with van der Waals surface area (Å²) in [6.45, 7) is 1.92. The maximum absolute atomic E-state index is 12.4. The third-order valence-corrected chi connectivity index (χ3v) is 4.16. The van der Waals surface area contributed by atoms with Crippen molar-refractivity contribution in [1.82, 2.24) is 14.8 Å². The monoisotopic (exact) mass is 312 g/mol. The molecule has 0 aliphatic heterocycles. The van der Waals surface area contributed by atoms with Crippen LogP contribution in [-0.2, 0) is 13.5 Å². The van der Waals surface area contributed by atoms with Gasteiger partial charge in [0.25, 0.3) is 5.91 Å². The molecule has 0 bridgehead atoms. The molecule has 6 heteroatoms. The summed E-state index contributed by atoms with van der Waals surface area (Å²) >= 11 is 1.56. The van der Waals surface area contributed by atoms with E-state index in [1.807, 2.05) is 32.2 Å². The summed E-state index contributed by atoms with van der Waals surface area (Å²) in [7, 11) is 1.81. The summed E-state index contributed by atoms with van der Waals surface area (Å²) < 4.78 is 1.65. The lowest BCUT2D eigenvalue weighted by atomic mass is 10.1. The minimum absolute atomic E-state index is 0.191. The second-order valence-corrected chi connectivity index (χ2v) is 6.31. The number of amides is 1. The lowest BCUT2D eigenvalue weighted by Gasteiger charge is -2.03. The molecule has 0 atom stereocenters. The standard InChI is InChI=1S/C16H16N4OS/c1-11-18-15(16(21)19-13-9-17-20(2)10-13)14(22-11)8-12-6-4-3-5-7-12/h3-7,9-10H,8H2,1-2H3,(H,19,21). The van der Waals surface area contributed by atoms with E-state index in [1.165, 1.54) is 5.56 Å². The maximum atomic E-state index is 12.4. The minimum atomic E-state index is -0.191. The summed E-state index contributed by atoms with van der Waals surface area (Å²) in [6.07, 6.45) is 4.09. The van der Waals surface area contributed by atoms with E-state index < -0.39 is 0 Å². The van der Waals surface area contributed by atoms with E-state index in [4.69, 9.17) is 0 Å². The van der Waals surface area contributed by atoms with Crippen LogP contribution in [0.4, 0.5) is 5.69 Å². The predicted molar refractivity (Wildman–Crippen MR) is 87.3 cm³/mol. The Morgan fingerprint density at radius 2 is 2.09 bits per heavy atom.